The Morgan fingerprint density at radius 1 is 1.19 bits per heavy atom. The van der Waals surface area contributed by atoms with Gasteiger partial charge in [0.15, 0.2) is 5.13 Å². The summed E-state index contributed by atoms with van der Waals surface area (Å²) in [6.07, 6.45) is 4.38. The lowest BCUT2D eigenvalue weighted by Gasteiger charge is -2.30. The van der Waals surface area contributed by atoms with Gasteiger partial charge in [-0.2, -0.15) is 0 Å². The molecule has 0 atom stereocenters. The highest BCUT2D eigenvalue weighted by molar-refractivity contribution is 7.14. The van der Waals surface area contributed by atoms with Crippen molar-refractivity contribution in [1.82, 2.24) is 4.98 Å². The van der Waals surface area contributed by atoms with E-state index in [0.29, 0.717) is 11.6 Å². The summed E-state index contributed by atoms with van der Waals surface area (Å²) >= 11 is 1.48. The lowest BCUT2D eigenvalue weighted by Crippen LogP contribution is -2.36. The van der Waals surface area contributed by atoms with Crippen LogP contribution >= 0.6 is 11.3 Å². The van der Waals surface area contributed by atoms with Crippen LogP contribution in [0.2, 0.25) is 0 Å². The first-order valence-corrected chi connectivity index (χ1v) is 12.1. The standard InChI is InChI=1S/C26H27N3O2S/c1-17-5-3-6-18(13-17)14-24(30)28(2)26-27-22(16-32-26)20-10-11-23-21(15-20)7-4-12-29(23)25(31)19-8-9-19/h3,5-6,10-11,13,15-16,19H,4,7-9,12,14H2,1-2H3. The number of hydrogen-bond acceptors (Lipinski definition) is 4. The van der Waals surface area contributed by atoms with Gasteiger partial charge in [-0.3, -0.25) is 14.5 Å². The summed E-state index contributed by atoms with van der Waals surface area (Å²) in [5, 5.41) is 2.70. The van der Waals surface area contributed by atoms with Gasteiger partial charge in [0, 0.05) is 36.1 Å². The van der Waals surface area contributed by atoms with Crippen molar-refractivity contribution in [2.75, 3.05) is 23.4 Å². The number of hydrogen-bond donors (Lipinski definition) is 0. The number of nitrogens with zero attached hydrogens (tertiary/aromatic N) is 3. The van der Waals surface area contributed by atoms with E-state index in [1.807, 2.05) is 47.5 Å². The number of likely N-dealkylation sites (N-methyl/N-ethyl adjacent to an activating group) is 1. The Balaban J connectivity index is 1.33. The van der Waals surface area contributed by atoms with Gasteiger partial charge in [-0.05, 0) is 55.9 Å². The van der Waals surface area contributed by atoms with Gasteiger partial charge < -0.3 is 4.90 Å². The molecule has 1 aliphatic carbocycles. The Labute approximate surface area is 192 Å². The highest BCUT2D eigenvalue weighted by Gasteiger charge is 2.35. The molecule has 1 aromatic heterocycles. The second-order valence-electron chi connectivity index (χ2n) is 8.85. The Hall–Kier alpha value is -2.99. The van der Waals surface area contributed by atoms with Gasteiger partial charge in [-0.1, -0.05) is 35.9 Å². The van der Waals surface area contributed by atoms with E-state index in [9.17, 15) is 9.59 Å². The van der Waals surface area contributed by atoms with Crippen LogP contribution in [0.25, 0.3) is 11.3 Å². The topological polar surface area (TPSA) is 53.5 Å². The fraction of sp³-hybridized carbons (Fsp3) is 0.346. The summed E-state index contributed by atoms with van der Waals surface area (Å²) in [5.41, 5.74) is 6.33. The molecule has 1 fully saturated rings. The van der Waals surface area contributed by atoms with Crippen molar-refractivity contribution in [3.05, 3.63) is 64.5 Å². The number of amides is 2. The Morgan fingerprint density at radius 3 is 2.81 bits per heavy atom. The first kappa shape index (κ1) is 20.9. The largest absolute Gasteiger partial charge is 0.312 e. The van der Waals surface area contributed by atoms with Crippen LogP contribution in [0.1, 0.15) is 36.0 Å². The van der Waals surface area contributed by atoms with Crippen LogP contribution in [0.5, 0.6) is 0 Å². The third kappa shape index (κ3) is 4.19. The second-order valence-corrected chi connectivity index (χ2v) is 9.68. The third-order valence-electron chi connectivity index (χ3n) is 6.28. The molecule has 2 heterocycles. The van der Waals surface area contributed by atoms with E-state index in [2.05, 4.69) is 12.1 Å². The Bertz CT molecular complexity index is 1180. The zero-order valence-corrected chi connectivity index (χ0v) is 19.3. The van der Waals surface area contributed by atoms with Gasteiger partial charge in [-0.15, -0.1) is 11.3 Å². The van der Waals surface area contributed by atoms with Gasteiger partial charge >= 0.3 is 0 Å². The molecule has 2 aromatic carbocycles. The highest BCUT2D eigenvalue weighted by Crippen LogP contribution is 2.37. The molecule has 0 spiro atoms. The maximum atomic E-state index is 12.8. The fourth-order valence-electron chi connectivity index (χ4n) is 4.31. The van der Waals surface area contributed by atoms with E-state index in [1.165, 1.54) is 16.9 Å². The summed E-state index contributed by atoms with van der Waals surface area (Å²) in [7, 11) is 1.79. The van der Waals surface area contributed by atoms with Gasteiger partial charge in [0.1, 0.15) is 0 Å². The molecule has 0 saturated heterocycles. The second kappa shape index (κ2) is 8.51. The number of rotatable bonds is 5. The van der Waals surface area contributed by atoms with E-state index < -0.39 is 0 Å². The minimum atomic E-state index is 0.0242. The molecular weight excluding hydrogens is 418 g/mol. The molecule has 1 saturated carbocycles. The third-order valence-corrected chi connectivity index (χ3v) is 7.19. The first-order chi connectivity index (χ1) is 15.5. The fourth-order valence-corrected chi connectivity index (χ4v) is 5.13. The van der Waals surface area contributed by atoms with Crippen molar-refractivity contribution in [2.24, 2.45) is 5.92 Å². The number of aromatic nitrogens is 1. The molecule has 32 heavy (non-hydrogen) atoms. The van der Waals surface area contributed by atoms with E-state index in [1.54, 1.807) is 11.9 Å². The van der Waals surface area contributed by atoms with Gasteiger partial charge in [0.2, 0.25) is 11.8 Å². The highest BCUT2D eigenvalue weighted by atomic mass is 32.1. The van der Waals surface area contributed by atoms with Crippen LogP contribution in [0, 0.1) is 12.8 Å². The average Bonchev–Trinajstić information content (AvgIpc) is 3.53. The van der Waals surface area contributed by atoms with Gasteiger partial charge in [-0.25, -0.2) is 4.98 Å². The maximum Gasteiger partial charge on any atom is 0.232 e. The molecule has 6 heteroatoms. The van der Waals surface area contributed by atoms with Crippen LogP contribution in [0.15, 0.2) is 47.8 Å². The SMILES string of the molecule is Cc1cccc(CC(=O)N(C)c2nc(-c3ccc4c(c3)CCCN4C(=O)C3CC3)cs2)c1. The number of carbonyl (C=O) groups excluding carboxylic acids is 2. The van der Waals surface area contributed by atoms with Crippen molar-refractivity contribution < 1.29 is 9.59 Å². The average molecular weight is 446 g/mol. The first-order valence-electron chi connectivity index (χ1n) is 11.2. The molecule has 1 aliphatic heterocycles. The molecule has 2 aliphatic rings. The normalized spacial score (nSPS) is 15.4. The minimum absolute atomic E-state index is 0.0242. The number of carbonyl (C=O) groups is 2. The summed E-state index contributed by atoms with van der Waals surface area (Å²) in [4.78, 5) is 33.8. The van der Waals surface area contributed by atoms with Gasteiger partial charge in [0.25, 0.3) is 0 Å². The molecule has 5 rings (SSSR count). The van der Waals surface area contributed by atoms with Crippen LogP contribution in [0.3, 0.4) is 0 Å². The zero-order valence-electron chi connectivity index (χ0n) is 18.5. The monoisotopic (exact) mass is 445 g/mol. The van der Waals surface area contributed by atoms with E-state index in [-0.39, 0.29) is 17.7 Å². The molecular formula is C26H27N3O2S. The molecule has 0 bridgehead atoms. The molecule has 0 radical (unpaired) electrons. The Morgan fingerprint density at radius 2 is 2.03 bits per heavy atom. The molecule has 0 N–H and O–H groups in total. The summed E-state index contributed by atoms with van der Waals surface area (Å²) in [6.45, 7) is 2.85. The van der Waals surface area contributed by atoms with Gasteiger partial charge in [0.05, 0.1) is 12.1 Å². The predicted molar refractivity (Wildman–Crippen MR) is 129 cm³/mol. The van der Waals surface area contributed by atoms with Crippen LogP contribution in [-0.2, 0) is 22.4 Å². The smallest absolute Gasteiger partial charge is 0.232 e. The van der Waals surface area contributed by atoms with E-state index in [4.69, 9.17) is 4.98 Å². The van der Waals surface area contributed by atoms with Crippen molar-refractivity contribution in [1.29, 1.82) is 0 Å². The van der Waals surface area contributed by atoms with Crippen LogP contribution in [-0.4, -0.2) is 30.4 Å². The zero-order chi connectivity index (χ0) is 22.2. The van der Waals surface area contributed by atoms with E-state index in [0.717, 1.165) is 60.3 Å². The predicted octanol–water partition coefficient (Wildman–Crippen LogP) is 5.01. The van der Waals surface area contributed by atoms with E-state index >= 15 is 0 Å². The number of anilines is 2. The van der Waals surface area contributed by atoms with Crippen molar-refractivity contribution in [3.63, 3.8) is 0 Å². The number of fused-ring (bicyclic) bond motifs is 1. The maximum absolute atomic E-state index is 12.8. The van der Waals surface area contributed by atoms with Crippen LogP contribution < -0.4 is 9.80 Å². The minimum Gasteiger partial charge on any atom is -0.312 e. The summed E-state index contributed by atoms with van der Waals surface area (Å²) in [5.74, 6) is 0.536. The van der Waals surface area contributed by atoms with Crippen LogP contribution in [0.4, 0.5) is 10.8 Å². The lowest BCUT2D eigenvalue weighted by molar-refractivity contribution is -0.120. The number of thiazole rings is 1. The van der Waals surface area contributed by atoms with Crippen molar-refractivity contribution >= 4 is 34.0 Å². The number of aryl methyl sites for hydroxylation is 2. The number of benzene rings is 2. The molecule has 3 aromatic rings. The Kier molecular flexibility index (Phi) is 5.55. The quantitative estimate of drug-likeness (QED) is 0.555. The lowest BCUT2D eigenvalue weighted by atomic mass is 9.98. The van der Waals surface area contributed by atoms with Crippen molar-refractivity contribution in [3.8, 4) is 11.3 Å². The molecule has 2 amide bonds. The molecule has 0 unspecified atom stereocenters. The summed E-state index contributed by atoms with van der Waals surface area (Å²) in [6, 6.07) is 14.3. The summed E-state index contributed by atoms with van der Waals surface area (Å²) < 4.78 is 0. The molecule has 5 nitrogen and oxygen atoms in total. The van der Waals surface area contributed by atoms with Crippen molar-refractivity contribution in [2.45, 2.75) is 39.0 Å². The molecule has 164 valence electrons.